The first-order valence-corrected chi connectivity index (χ1v) is 8.42. The van der Waals surface area contributed by atoms with Crippen molar-refractivity contribution >= 4 is 0 Å². The maximum Gasteiger partial charge on any atom is 0.115 e. The van der Waals surface area contributed by atoms with Crippen molar-refractivity contribution in [1.82, 2.24) is 4.90 Å². The Hall–Kier alpha value is -1.28. The lowest BCUT2D eigenvalue weighted by Crippen LogP contribution is -2.60. The number of rotatable bonds is 2. The van der Waals surface area contributed by atoms with E-state index in [2.05, 4.69) is 29.7 Å². The molecule has 1 aromatic carbocycles. The standard InChI is InChI=1S/C19H25NO/c1-2-10-20-11-9-19-8-4-3-5-16(19)18(20)12-14-6-7-15(21)13-17(14)19/h2,6-7,13,16,18,21H,1,3-5,8-12H2/t16-,18?,19+/m1/s1. The van der Waals surface area contributed by atoms with Gasteiger partial charge >= 0.3 is 0 Å². The first-order valence-electron chi connectivity index (χ1n) is 8.42. The smallest absolute Gasteiger partial charge is 0.115 e. The van der Waals surface area contributed by atoms with Gasteiger partial charge in [0.15, 0.2) is 0 Å². The molecular formula is C19H25NO. The monoisotopic (exact) mass is 283 g/mol. The van der Waals surface area contributed by atoms with Crippen molar-refractivity contribution in [2.24, 2.45) is 5.92 Å². The minimum Gasteiger partial charge on any atom is -0.508 e. The number of fused-ring (bicyclic) bond motifs is 1. The van der Waals surface area contributed by atoms with Crippen LogP contribution in [0.4, 0.5) is 0 Å². The van der Waals surface area contributed by atoms with Crippen molar-refractivity contribution in [1.29, 1.82) is 0 Å². The molecule has 1 heterocycles. The zero-order chi connectivity index (χ0) is 14.4. The normalized spacial score (nSPS) is 34.9. The zero-order valence-electron chi connectivity index (χ0n) is 12.7. The molecule has 0 amide bonds. The molecule has 2 aliphatic carbocycles. The number of phenols is 1. The zero-order valence-corrected chi connectivity index (χ0v) is 12.7. The fourth-order valence-corrected chi connectivity index (χ4v) is 5.47. The number of hydrogen-bond acceptors (Lipinski definition) is 2. The SMILES string of the molecule is C=CCN1CC[C@@]23CCCC[C@@H]2C1Cc1ccc(O)cc13. The molecule has 0 radical (unpaired) electrons. The van der Waals surface area contributed by atoms with Gasteiger partial charge in [0.25, 0.3) is 0 Å². The number of likely N-dealkylation sites (tertiary alicyclic amines) is 1. The average Bonchev–Trinajstić information content (AvgIpc) is 2.51. The van der Waals surface area contributed by atoms with Gasteiger partial charge in [-0.15, -0.1) is 6.58 Å². The highest BCUT2D eigenvalue weighted by Gasteiger charge is 2.53. The predicted octanol–water partition coefficient (Wildman–Crippen LogP) is 3.64. The van der Waals surface area contributed by atoms with Gasteiger partial charge in [-0.25, -0.2) is 0 Å². The largest absolute Gasteiger partial charge is 0.508 e. The van der Waals surface area contributed by atoms with Crippen LogP contribution in [0.3, 0.4) is 0 Å². The van der Waals surface area contributed by atoms with E-state index in [1.165, 1.54) is 49.8 Å². The molecule has 2 fully saturated rings. The second-order valence-corrected chi connectivity index (χ2v) is 7.15. The van der Waals surface area contributed by atoms with Gasteiger partial charge in [-0.05, 0) is 61.4 Å². The fourth-order valence-electron chi connectivity index (χ4n) is 5.47. The molecule has 2 bridgehead atoms. The minimum absolute atomic E-state index is 0.340. The van der Waals surface area contributed by atoms with Crippen molar-refractivity contribution in [2.45, 2.75) is 50.0 Å². The highest BCUT2D eigenvalue weighted by Crippen LogP contribution is 2.56. The summed E-state index contributed by atoms with van der Waals surface area (Å²) in [4.78, 5) is 2.65. The van der Waals surface area contributed by atoms with E-state index in [9.17, 15) is 5.11 Å². The second kappa shape index (κ2) is 4.88. The Morgan fingerprint density at radius 2 is 2.24 bits per heavy atom. The average molecular weight is 283 g/mol. The maximum atomic E-state index is 9.98. The molecule has 4 rings (SSSR count). The molecule has 2 heteroatoms. The van der Waals surface area contributed by atoms with Gasteiger partial charge in [-0.2, -0.15) is 0 Å². The summed E-state index contributed by atoms with van der Waals surface area (Å²) in [5.41, 5.74) is 3.29. The highest BCUT2D eigenvalue weighted by atomic mass is 16.3. The van der Waals surface area contributed by atoms with Crippen molar-refractivity contribution in [3.63, 3.8) is 0 Å². The van der Waals surface area contributed by atoms with E-state index >= 15 is 0 Å². The molecule has 0 aromatic heterocycles. The Morgan fingerprint density at radius 1 is 1.33 bits per heavy atom. The maximum absolute atomic E-state index is 9.98. The number of benzene rings is 1. The summed E-state index contributed by atoms with van der Waals surface area (Å²) < 4.78 is 0. The van der Waals surface area contributed by atoms with Crippen LogP contribution in [-0.4, -0.2) is 29.1 Å². The fraction of sp³-hybridized carbons (Fsp3) is 0.579. The molecule has 1 N–H and O–H groups in total. The Morgan fingerprint density at radius 3 is 3.10 bits per heavy atom. The summed E-state index contributed by atoms with van der Waals surface area (Å²) in [5, 5.41) is 9.98. The van der Waals surface area contributed by atoms with Crippen LogP contribution in [0.1, 0.15) is 43.2 Å². The Kier molecular flexibility index (Phi) is 3.11. The quantitative estimate of drug-likeness (QED) is 0.838. The summed E-state index contributed by atoms with van der Waals surface area (Å²) >= 11 is 0. The van der Waals surface area contributed by atoms with Crippen LogP contribution in [0.2, 0.25) is 0 Å². The van der Waals surface area contributed by atoms with Gasteiger partial charge < -0.3 is 5.11 Å². The summed E-state index contributed by atoms with van der Waals surface area (Å²) in [6.07, 6.45) is 9.84. The molecule has 3 atom stereocenters. The molecule has 112 valence electrons. The molecule has 2 nitrogen and oxygen atoms in total. The molecule has 1 aromatic rings. The third-order valence-corrected chi connectivity index (χ3v) is 6.30. The highest BCUT2D eigenvalue weighted by molar-refractivity contribution is 5.45. The van der Waals surface area contributed by atoms with Crippen LogP contribution in [-0.2, 0) is 11.8 Å². The van der Waals surface area contributed by atoms with Crippen LogP contribution < -0.4 is 0 Å². The van der Waals surface area contributed by atoms with Crippen LogP contribution in [0.5, 0.6) is 5.75 Å². The summed E-state index contributed by atoms with van der Waals surface area (Å²) in [6, 6.07) is 6.79. The number of nitrogens with zero attached hydrogens (tertiary/aromatic N) is 1. The number of piperidine rings is 1. The lowest BCUT2D eigenvalue weighted by atomic mass is 9.52. The van der Waals surface area contributed by atoms with Gasteiger partial charge in [0.05, 0.1) is 0 Å². The van der Waals surface area contributed by atoms with E-state index in [-0.39, 0.29) is 0 Å². The van der Waals surface area contributed by atoms with Crippen LogP contribution in [0, 0.1) is 5.92 Å². The van der Waals surface area contributed by atoms with Crippen molar-refractivity contribution in [3.05, 3.63) is 42.0 Å². The van der Waals surface area contributed by atoms with Crippen LogP contribution >= 0.6 is 0 Å². The Balaban J connectivity index is 1.83. The Labute approximate surface area is 127 Å². The molecule has 1 unspecified atom stereocenters. The molecule has 1 aliphatic heterocycles. The van der Waals surface area contributed by atoms with E-state index in [4.69, 9.17) is 0 Å². The third-order valence-electron chi connectivity index (χ3n) is 6.30. The van der Waals surface area contributed by atoms with Crippen LogP contribution in [0.15, 0.2) is 30.9 Å². The molecule has 1 saturated heterocycles. The van der Waals surface area contributed by atoms with Gasteiger partial charge in [-0.1, -0.05) is 25.0 Å². The Bertz CT molecular complexity index is 567. The van der Waals surface area contributed by atoms with Gasteiger partial charge in [-0.3, -0.25) is 4.90 Å². The van der Waals surface area contributed by atoms with Crippen molar-refractivity contribution < 1.29 is 5.11 Å². The third kappa shape index (κ3) is 1.88. The second-order valence-electron chi connectivity index (χ2n) is 7.15. The molecular weight excluding hydrogens is 258 g/mol. The van der Waals surface area contributed by atoms with E-state index in [0.29, 0.717) is 17.2 Å². The lowest BCUT2D eigenvalue weighted by Gasteiger charge is -2.59. The molecule has 1 saturated carbocycles. The first-order chi connectivity index (χ1) is 10.2. The van der Waals surface area contributed by atoms with Crippen LogP contribution in [0.25, 0.3) is 0 Å². The lowest BCUT2D eigenvalue weighted by molar-refractivity contribution is -0.00517. The number of phenolic OH excluding ortho intramolecular Hbond substituents is 1. The van der Waals surface area contributed by atoms with Gasteiger partial charge in [0.1, 0.15) is 5.75 Å². The predicted molar refractivity (Wildman–Crippen MR) is 85.6 cm³/mol. The summed E-state index contributed by atoms with van der Waals surface area (Å²) in [7, 11) is 0. The summed E-state index contributed by atoms with van der Waals surface area (Å²) in [6.45, 7) is 6.15. The van der Waals surface area contributed by atoms with Crippen molar-refractivity contribution in [2.75, 3.05) is 13.1 Å². The van der Waals surface area contributed by atoms with Crippen molar-refractivity contribution in [3.8, 4) is 5.75 Å². The van der Waals surface area contributed by atoms with Gasteiger partial charge in [0.2, 0.25) is 0 Å². The topological polar surface area (TPSA) is 23.5 Å². The van der Waals surface area contributed by atoms with E-state index in [0.717, 1.165) is 18.9 Å². The van der Waals surface area contributed by atoms with E-state index in [1.54, 1.807) is 0 Å². The number of hydrogen-bond donors (Lipinski definition) is 1. The molecule has 0 spiro atoms. The molecule has 3 aliphatic rings. The van der Waals surface area contributed by atoms with E-state index < -0.39 is 0 Å². The summed E-state index contributed by atoms with van der Waals surface area (Å²) in [5.74, 6) is 1.22. The molecule has 21 heavy (non-hydrogen) atoms. The number of aromatic hydroxyl groups is 1. The van der Waals surface area contributed by atoms with E-state index in [1.807, 2.05) is 6.07 Å². The first kappa shape index (κ1) is 13.4. The van der Waals surface area contributed by atoms with Gasteiger partial charge in [0, 0.05) is 18.0 Å². The minimum atomic E-state index is 0.340.